The van der Waals surface area contributed by atoms with Crippen LogP contribution in [0, 0.1) is 17.7 Å². The van der Waals surface area contributed by atoms with Crippen LogP contribution < -0.4 is 4.90 Å². The van der Waals surface area contributed by atoms with Crippen molar-refractivity contribution in [2.75, 3.05) is 18.5 Å². The zero-order chi connectivity index (χ0) is 18.3. The number of nitrogens with zero attached hydrogens (tertiary/aromatic N) is 4. The van der Waals surface area contributed by atoms with Crippen molar-refractivity contribution in [2.45, 2.75) is 26.2 Å². The topological polar surface area (TPSA) is 57.7 Å². The van der Waals surface area contributed by atoms with E-state index >= 15 is 0 Å². The maximum atomic E-state index is 14.3. The van der Waals surface area contributed by atoms with Gasteiger partial charge in [0.15, 0.2) is 11.5 Å². The van der Waals surface area contributed by atoms with Gasteiger partial charge in [-0.15, -0.1) is 0 Å². The molecule has 1 fully saturated rings. The third kappa shape index (κ3) is 3.14. The highest BCUT2D eigenvalue weighted by Crippen LogP contribution is 2.32. The first-order valence-corrected chi connectivity index (χ1v) is 9.27. The summed E-state index contributed by atoms with van der Waals surface area (Å²) in [5.41, 5.74) is 1.83. The molecular weight excluding hydrogens is 353 g/mol. The smallest absolute Gasteiger partial charge is 0.177 e. The number of aromatic nitrogens is 4. The van der Waals surface area contributed by atoms with Gasteiger partial charge in [0, 0.05) is 19.2 Å². The summed E-state index contributed by atoms with van der Waals surface area (Å²) in [6.45, 7) is 3.28. The summed E-state index contributed by atoms with van der Waals surface area (Å²) < 4.78 is 14.3. The first-order valence-electron chi connectivity index (χ1n) is 8.89. The minimum atomic E-state index is -0.499. The fraction of sp³-hybridized carbons (Fsp3) is 0.421. The molecule has 2 heterocycles. The Balaban J connectivity index is 1.62. The summed E-state index contributed by atoms with van der Waals surface area (Å²) in [5.74, 6) is 1.80. The molecule has 1 aliphatic rings. The van der Waals surface area contributed by atoms with Crippen molar-refractivity contribution in [1.29, 1.82) is 0 Å². The first-order chi connectivity index (χ1) is 12.5. The van der Waals surface area contributed by atoms with E-state index in [4.69, 9.17) is 11.6 Å². The molecule has 136 valence electrons. The molecule has 0 bridgehead atoms. The monoisotopic (exact) mass is 373 g/mol. The first kappa shape index (κ1) is 17.2. The number of aromatic amines is 1. The summed E-state index contributed by atoms with van der Waals surface area (Å²) in [6.07, 6.45) is 5.56. The highest BCUT2D eigenvalue weighted by molar-refractivity contribution is 6.31. The molecule has 4 rings (SSSR count). The number of benzene rings is 1. The van der Waals surface area contributed by atoms with Gasteiger partial charge >= 0.3 is 0 Å². The Labute approximate surface area is 156 Å². The Bertz CT molecular complexity index is 941. The lowest BCUT2D eigenvalue weighted by Crippen LogP contribution is -2.25. The summed E-state index contributed by atoms with van der Waals surface area (Å²) in [7, 11) is 2.03. The minimum Gasteiger partial charge on any atom is -0.358 e. The van der Waals surface area contributed by atoms with Gasteiger partial charge in [0.2, 0.25) is 0 Å². The second-order valence-corrected chi connectivity index (χ2v) is 7.67. The highest BCUT2D eigenvalue weighted by Gasteiger charge is 2.23. The van der Waals surface area contributed by atoms with Gasteiger partial charge in [0.05, 0.1) is 11.2 Å². The fourth-order valence-corrected chi connectivity index (χ4v) is 4.00. The lowest BCUT2D eigenvalue weighted by Gasteiger charge is -2.21. The quantitative estimate of drug-likeness (QED) is 0.721. The van der Waals surface area contributed by atoms with Crippen LogP contribution >= 0.6 is 11.6 Å². The van der Waals surface area contributed by atoms with Crippen LogP contribution in [0.25, 0.3) is 22.4 Å². The van der Waals surface area contributed by atoms with Crippen molar-refractivity contribution in [2.24, 2.45) is 11.8 Å². The molecule has 0 spiro atoms. The second kappa shape index (κ2) is 6.83. The predicted molar refractivity (Wildman–Crippen MR) is 102 cm³/mol. The summed E-state index contributed by atoms with van der Waals surface area (Å²) in [6, 6.07) is 4.84. The molecule has 1 aromatic carbocycles. The third-order valence-corrected chi connectivity index (χ3v) is 5.48. The molecule has 0 aliphatic heterocycles. The number of anilines is 1. The maximum Gasteiger partial charge on any atom is 0.177 e. The van der Waals surface area contributed by atoms with Gasteiger partial charge in [0.1, 0.15) is 17.0 Å². The Morgan fingerprint density at radius 2 is 2.19 bits per heavy atom. The van der Waals surface area contributed by atoms with Crippen LogP contribution in [0.3, 0.4) is 0 Å². The number of fused-ring (bicyclic) bond motifs is 1. The van der Waals surface area contributed by atoms with Crippen LogP contribution in [0.15, 0.2) is 24.4 Å². The zero-order valence-corrected chi connectivity index (χ0v) is 15.6. The predicted octanol–water partition coefficient (Wildman–Crippen LogP) is 4.68. The molecule has 0 radical (unpaired) electrons. The summed E-state index contributed by atoms with van der Waals surface area (Å²) in [5, 5.41) is 7.15. The van der Waals surface area contributed by atoms with E-state index in [9.17, 15) is 4.39 Å². The second-order valence-electron chi connectivity index (χ2n) is 7.26. The van der Waals surface area contributed by atoms with Crippen LogP contribution in [0.2, 0.25) is 5.02 Å². The molecule has 26 heavy (non-hydrogen) atoms. The van der Waals surface area contributed by atoms with E-state index in [0.717, 1.165) is 18.3 Å². The molecule has 0 saturated heterocycles. The fourth-order valence-electron chi connectivity index (χ4n) is 3.82. The van der Waals surface area contributed by atoms with Gasteiger partial charge in [-0.25, -0.2) is 14.4 Å². The summed E-state index contributed by atoms with van der Waals surface area (Å²) in [4.78, 5) is 11.3. The molecule has 5 nitrogen and oxygen atoms in total. The number of halogens is 2. The number of hydrogen-bond acceptors (Lipinski definition) is 4. The van der Waals surface area contributed by atoms with Gasteiger partial charge in [-0.3, -0.25) is 5.10 Å². The van der Waals surface area contributed by atoms with Crippen LogP contribution in [-0.2, 0) is 0 Å². The number of rotatable bonds is 4. The largest absolute Gasteiger partial charge is 0.358 e. The zero-order valence-electron chi connectivity index (χ0n) is 14.8. The van der Waals surface area contributed by atoms with Crippen molar-refractivity contribution in [3.8, 4) is 11.3 Å². The van der Waals surface area contributed by atoms with Crippen LogP contribution in [0.4, 0.5) is 10.2 Å². The molecule has 1 N–H and O–H groups in total. The molecular formula is C19H21ClFN5. The SMILES string of the molecule is C[C@H]1CC[C@H](CN(C)c2cnc3c(-c4cccc(Cl)c4F)n[nH]c3n2)C1. The van der Waals surface area contributed by atoms with Crippen molar-refractivity contribution >= 4 is 28.6 Å². The van der Waals surface area contributed by atoms with Gasteiger partial charge in [0.25, 0.3) is 0 Å². The van der Waals surface area contributed by atoms with Crippen LogP contribution in [-0.4, -0.2) is 33.8 Å². The number of hydrogen-bond donors (Lipinski definition) is 1. The number of H-pyrrole nitrogens is 1. The van der Waals surface area contributed by atoms with E-state index in [1.807, 2.05) is 7.05 Å². The maximum absolute atomic E-state index is 14.3. The molecule has 1 aliphatic carbocycles. The van der Waals surface area contributed by atoms with E-state index in [0.29, 0.717) is 28.3 Å². The highest BCUT2D eigenvalue weighted by atomic mass is 35.5. The van der Waals surface area contributed by atoms with Gasteiger partial charge < -0.3 is 4.90 Å². The van der Waals surface area contributed by atoms with Gasteiger partial charge in [-0.1, -0.05) is 31.0 Å². The lowest BCUT2D eigenvalue weighted by atomic mass is 10.1. The summed E-state index contributed by atoms with van der Waals surface area (Å²) >= 11 is 5.88. The van der Waals surface area contributed by atoms with Crippen LogP contribution in [0.1, 0.15) is 26.2 Å². The Morgan fingerprint density at radius 1 is 1.35 bits per heavy atom. The van der Waals surface area contributed by atoms with Gasteiger partial charge in [-0.05, 0) is 36.8 Å². The normalized spacial score (nSPS) is 20.0. The molecule has 1 saturated carbocycles. The van der Waals surface area contributed by atoms with Gasteiger partial charge in [-0.2, -0.15) is 5.10 Å². The standard InChI is InChI=1S/C19H21ClFN5/c1-11-6-7-12(8-11)10-26(2)15-9-22-18-17(24-25-19(18)23-15)13-4-3-5-14(20)16(13)21/h3-5,9,11-12H,6-8,10H2,1-2H3,(H,23,24,25)/t11-,12-/m0/s1. The van der Waals surface area contributed by atoms with Crippen molar-refractivity contribution in [1.82, 2.24) is 20.2 Å². The average molecular weight is 374 g/mol. The molecule has 0 amide bonds. The van der Waals surface area contributed by atoms with Crippen molar-refractivity contribution < 1.29 is 4.39 Å². The Morgan fingerprint density at radius 3 is 2.96 bits per heavy atom. The number of nitrogens with one attached hydrogen (secondary N) is 1. The molecule has 7 heteroatoms. The van der Waals surface area contributed by atoms with E-state index in [1.165, 1.54) is 25.3 Å². The third-order valence-electron chi connectivity index (χ3n) is 5.19. The Hall–Kier alpha value is -2.21. The van der Waals surface area contributed by atoms with E-state index in [1.54, 1.807) is 18.3 Å². The molecule has 2 atom stereocenters. The minimum absolute atomic E-state index is 0.0637. The van der Waals surface area contributed by atoms with E-state index < -0.39 is 5.82 Å². The Kier molecular flexibility index (Phi) is 4.53. The van der Waals surface area contributed by atoms with Crippen molar-refractivity contribution in [3.63, 3.8) is 0 Å². The molecule has 2 aromatic heterocycles. The lowest BCUT2D eigenvalue weighted by molar-refractivity contribution is 0.514. The molecule has 3 aromatic rings. The molecule has 0 unspecified atom stereocenters. The van der Waals surface area contributed by atoms with E-state index in [2.05, 4.69) is 32.0 Å². The van der Waals surface area contributed by atoms with Crippen LogP contribution in [0.5, 0.6) is 0 Å². The van der Waals surface area contributed by atoms with Crippen molar-refractivity contribution in [3.05, 3.63) is 35.2 Å². The van der Waals surface area contributed by atoms with E-state index in [-0.39, 0.29) is 5.02 Å². The average Bonchev–Trinajstić information content (AvgIpc) is 3.23.